The van der Waals surface area contributed by atoms with Crippen LogP contribution in [-0.4, -0.2) is 93.2 Å². The Morgan fingerprint density at radius 2 is 2.11 bits per heavy atom. The van der Waals surface area contributed by atoms with Crippen molar-refractivity contribution in [1.29, 1.82) is 0 Å². The first-order valence-corrected chi connectivity index (χ1v) is 11.1. The number of likely N-dealkylation sites (tertiary alicyclic amines) is 1. The fourth-order valence-electron chi connectivity index (χ4n) is 3.87. The maximum atomic E-state index is 13.1. The van der Waals surface area contributed by atoms with E-state index < -0.39 is 60.2 Å². The molecule has 0 aromatic rings. The van der Waals surface area contributed by atoms with Crippen LogP contribution in [0.2, 0.25) is 0 Å². The zero-order valence-corrected chi connectivity index (χ0v) is 17.5. The zero-order valence-electron chi connectivity index (χ0n) is 18.9. The van der Waals surface area contributed by atoms with E-state index in [4.69, 9.17) is 20.5 Å². The second-order valence-corrected chi connectivity index (χ2v) is 9.07. The lowest BCUT2D eigenvalue weighted by Crippen LogP contribution is -2.65. The molecule has 158 valence electrons. The van der Waals surface area contributed by atoms with Crippen LogP contribution in [0.4, 0.5) is 0 Å². The molecule has 2 rings (SSSR count). The summed E-state index contributed by atoms with van der Waals surface area (Å²) in [6.45, 7) is 1.54. The highest BCUT2D eigenvalue weighted by molar-refractivity contribution is 7.99. The summed E-state index contributed by atoms with van der Waals surface area (Å²) in [5.74, 6) is -0.397. The van der Waals surface area contributed by atoms with Crippen LogP contribution in [0.15, 0.2) is 0 Å². The second-order valence-electron chi connectivity index (χ2n) is 7.45. The van der Waals surface area contributed by atoms with Gasteiger partial charge in [-0.3, -0.25) is 9.69 Å². The normalized spacial score (nSPS) is 42.0. The number of rotatable bonds is 7. The molecule has 0 saturated carbocycles. The third-order valence-electron chi connectivity index (χ3n) is 5.38. The Balaban J connectivity index is 2.20. The highest BCUT2D eigenvalue weighted by Gasteiger charge is 2.48. The van der Waals surface area contributed by atoms with Crippen LogP contribution in [0.5, 0.6) is 0 Å². The SMILES string of the molecule is [2H]C([2H])([2H])N1CC(CCC)CC1C(=O)NC(C(C)Cl)C1OC(SC)C(O)C(O)C1O. The highest BCUT2D eigenvalue weighted by atomic mass is 35.5. The Labute approximate surface area is 175 Å². The van der Waals surface area contributed by atoms with Crippen molar-refractivity contribution in [2.24, 2.45) is 5.92 Å². The minimum atomic E-state index is -2.41. The minimum absolute atomic E-state index is 0.104. The molecule has 27 heavy (non-hydrogen) atoms. The number of ether oxygens (including phenoxy) is 1. The van der Waals surface area contributed by atoms with Crippen LogP contribution >= 0.6 is 23.4 Å². The van der Waals surface area contributed by atoms with E-state index in [2.05, 4.69) is 5.32 Å². The molecule has 9 atom stereocenters. The van der Waals surface area contributed by atoms with Crippen molar-refractivity contribution >= 4 is 29.3 Å². The molecule has 0 aromatic carbocycles. The first-order valence-electron chi connectivity index (χ1n) is 10.9. The summed E-state index contributed by atoms with van der Waals surface area (Å²) in [6.07, 6.45) is -1.45. The lowest BCUT2D eigenvalue weighted by Gasteiger charge is -2.44. The summed E-state index contributed by atoms with van der Waals surface area (Å²) in [5.41, 5.74) is -0.803. The first-order chi connectivity index (χ1) is 13.9. The lowest BCUT2D eigenvalue weighted by atomic mass is 9.92. The van der Waals surface area contributed by atoms with E-state index in [0.717, 1.165) is 24.6 Å². The molecule has 7 nitrogen and oxygen atoms in total. The van der Waals surface area contributed by atoms with Gasteiger partial charge in [-0.2, -0.15) is 0 Å². The summed E-state index contributed by atoms with van der Waals surface area (Å²) in [5, 5.41) is 32.8. The number of alkyl halides is 1. The fourth-order valence-corrected chi connectivity index (χ4v) is 4.76. The number of aliphatic hydroxyl groups is 3. The maximum Gasteiger partial charge on any atom is 0.237 e. The standard InChI is InChI=1S/C18H33ClN2O5S/c1-5-6-10-7-11(21(3)8-10)17(25)20-12(9(2)19)16-14(23)13(22)15(24)18(26-16)27-4/h9-16,18,22-24H,5-8H2,1-4H3,(H,20,25)/i3D3. The number of hydrogen-bond donors (Lipinski definition) is 4. The van der Waals surface area contributed by atoms with E-state index in [1.165, 1.54) is 4.90 Å². The number of aliphatic hydroxyl groups excluding tert-OH is 3. The summed E-state index contributed by atoms with van der Waals surface area (Å²) in [7, 11) is 0. The first kappa shape index (κ1) is 18.9. The quantitative estimate of drug-likeness (QED) is 0.436. The van der Waals surface area contributed by atoms with Gasteiger partial charge in [-0.25, -0.2) is 0 Å². The van der Waals surface area contributed by atoms with Gasteiger partial charge in [0.25, 0.3) is 0 Å². The molecule has 0 spiro atoms. The molecule has 2 saturated heterocycles. The van der Waals surface area contributed by atoms with Crippen LogP contribution in [0.1, 0.15) is 37.2 Å². The van der Waals surface area contributed by atoms with Crippen molar-refractivity contribution in [3.8, 4) is 0 Å². The lowest BCUT2D eigenvalue weighted by molar-refractivity contribution is -0.205. The van der Waals surface area contributed by atoms with Crippen molar-refractivity contribution in [1.82, 2.24) is 10.2 Å². The summed E-state index contributed by atoms with van der Waals surface area (Å²) >= 11 is 7.46. The van der Waals surface area contributed by atoms with Crippen LogP contribution in [0, 0.1) is 5.92 Å². The molecular weight excluding hydrogens is 392 g/mol. The number of nitrogens with zero attached hydrogens (tertiary/aromatic N) is 1. The smallest absolute Gasteiger partial charge is 0.237 e. The largest absolute Gasteiger partial charge is 0.388 e. The monoisotopic (exact) mass is 427 g/mol. The molecule has 0 bridgehead atoms. The number of amides is 1. The number of thioether (sulfide) groups is 1. The van der Waals surface area contributed by atoms with Crippen molar-refractivity contribution in [3.63, 3.8) is 0 Å². The van der Waals surface area contributed by atoms with Gasteiger partial charge in [0.05, 0.1) is 17.5 Å². The van der Waals surface area contributed by atoms with Gasteiger partial charge in [0, 0.05) is 10.7 Å². The average molecular weight is 428 g/mol. The van der Waals surface area contributed by atoms with Gasteiger partial charge < -0.3 is 25.4 Å². The van der Waals surface area contributed by atoms with Crippen LogP contribution in [0.25, 0.3) is 0 Å². The molecule has 1 amide bonds. The number of hydrogen-bond acceptors (Lipinski definition) is 7. The van der Waals surface area contributed by atoms with Crippen molar-refractivity contribution < 1.29 is 29.0 Å². The van der Waals surface area contributed by atoms with E-state index in [1.807, 2.05) is 6.92 Å². The molecule has 9 heteroatoms. The Morgan fingerprint density at radius 3 is 2.67 bits per heavy atom. The number of halogens is 1. The minimum Gasteiger partial charge on any atom is -0.388 e. The summed E-state index contributed by atoms with van der Waals surface area (Å²) in [6, 6.07) is -1.74. The molecule has 0 aromatic heterocycles. The second kappa shape index (κ2) is 10.1. The van der Waals surface area contributed by atoms with E-state index in [0.29, 0.717) is 13.0 Å². The molecule has 0 radical (unpaired) electrons. The van der Waals surface area contributed by atoms with Crippen LogP contribution < -0.4 is 5.32 Å². The Hall–Kier alpha value is -0.0900. The van der Waals surface area contributed by atoms with E-state index in [1.54, 1.807) is 13.2 Å². The van der Waals surface area contributed by atoms with E-state index >= 15 is 0 Å². The van der Waals surface area contributed by atoms with E-state index in [9.17, 15) is 20.1 Å². The van der Waals surface area contributed by atoms with Crippen LogP contribution in [0.3, 0.4) is 0 Å². The molecule has 0 aliphatic carbocycles. The molecule has 2 fully saturated rings. The summed E-state index contributed by atoms with van der Waals surface area (Å²) < 4.78 is 29.1. The molecule has 4 N–H and O–H groups in total. The number of carbonyl (C=O) groups is 1. The van der Waals surface area contributed by atoms with Gasteiger partial charge >= 0.3 is 0 Å². The average Bonchev–Trinajstić information content (AvgIpc) is 3.09. The molecule has 2 heterocycles. The molecule has 2 aliphatic heterocycles. The predicted octanol–water partition coefficient (Wildman–Crippen LogP) is 0.389. The van der Waals surface area contributed by atoms with Gasteiger partial charge in [0.2, 0.25) is 5.91 Å². The summed E-state index contributed by atoms with van der Waals surface area (Å²) in [4.78, 5) is 14.3. The van der Waals surface area contributed by atoms with Crippen molar-refractivity contribution in [3.05, 3.63) is 0 Å². The van der Waals surface area contributed by atoms with Crippen molar-refractivity contribution in [2.45, 2.75) is 80.4 Å². The predicted molar refractivity (Wildman–Crippen MR) is 107 cm³/mol. The molecular formula is C18H33ClN2O5S. The Kier molecular flexibility index (Phi) is 7.07. The highest BCUT2D eigenvalue weighted by Crippen LogP contribution is 2.31. The zero-order chi connectivity index (χ0) is 22.8. The van der Waals surface area contributed by atoms with Crippen LogP contribution in [-0.2, 0) is 9.53 Å². The topological polar surface area (TPSA) is 102 Å². The third-order valence-corrected chi connectivity index (χ3v) is 6.51. The molecule has 9 unspecified atom stereocenters. The van der Waals surface area contributed by atoms with Gasteiger partial charge in [-0.1, -0.05) is 13.3 Å². The number of nitrogens with one attached hydrogen (secondary N) is 1. The maximum absolute atomic E-state index is 13.1. The fraction of sp³-hybridized carbons (Fsp3) is 0.944. The van der Waals surface area contributed by atoms with Gasteiger partial charge in [-0.15, -0.1) is 23.4 Å². The van der Waals surface area contributed by atoms with Gasteiger partial charge in [-0.05, 0) is 38.9 Å². The van der Waals surface area contributed by atoms with Gasteiger partial charge in [0.15, 0.2) is 0 Å². The number of carbonyl (C=O) groups excluding carboxylic acids is 1. The Morgan fingerprint density at radius 1 is 1.41 bits per heavy atom. The Bertz CT molecular complexity index is 587. The number of likely N-dealkylation sites (N-methyl/N-ethyl adjacent to an activating group) is 1. The third kappa shape index (κ3) is 5.29. The molecule has 2 aliphatic rings. The van der Waals surface area contributed by atoms with E-state index in [-0.39, 0.29) is 5.92 Å². The van der Waals surface area contributed by atoms with Gasteiger partial charge in [0.1, 0.15) is 29.9 Å². The van der Waals surface area contributed by atoms with Crippen molar-refractivity contribution in [2.75, 3.05) is 19.8 Å².